The number of para-hydroxylation sites is 1. The van der Waals surface area contributed by atoms with Crippen molar-refractivity contribution in [1.82, 2.24) is 19.6 Å². The summed E-state index contributed by atoms with van der Waals surface area (Å²) in [6, 6.07) is 18.2. The minimum absolute atomic E-state index is 0.0105. The summed E-state index contributed by atoms with van der Waals surface area (Å²) < 4.78 is 16.9. The van der Waals surface area contributed by atoms with Crippen molar-refractivity contribution in [2.45, 2.75) is 50.5 Å². The van der Waals surface area contributed by atoms with Crippen LogP contribution in [0.5, 0.6) is 0 Å². The van der Waals surface area contributed by atoms with E-state index in [2.05, 4.69) is 10.4 Å². The molecule has 188 valence electrons. The molecule has 0 aliphatic heterocycles. The Morgan fingerprint density at radius 2 is 1.59 bits per heavy atom. The molecule has 8 rings (SSSR count). The van der Waals surface area contributed by atoms with E-state index >= 15 is 0 Å². The van der Waals surface area contributed by atoms with Crippen LogP contribution in [0.4, 0.5) is 10.2 Å². The third kappa shape index (κ3) is 4.16. The lowest BCUT2D eigenvalue weighted by Crippen LogP contribution is -2.49. The fourth-order valence-corrected chi connectivity index (χ4v) is 7.52. The van der Waals surface area contributed by atoms with Gasteiger partial charge in [-0.2, -0.15) is 10.2 Å². The number of nitrogens with one attached hydrogen (secondary N) is 1. The number of amides is 1. The minimum Gasteiger partial charge on any atom is -0.305 e. The minimum atomic E-state index is -0.261. The van der Waals surface area contributed by atoms with Crippen LogP contribution in [0, 0.1) is 23.6 Å². The molecule has 1 amide bonds. The van der Waals surface area contributed by atoms with E-state index in [1.165, 1.54) is 31.4 Å². The fraction of sp³-hybridized carbons (Fsp3) is 0.367. The zero-order valence-electron chi connectivity index (χ0n) is 20.7. The summed E-state index contributed by atoms with van der Waals surface area (Å²) in [5.41, 5.74) is 3.49. The summed E-state index contributed by atoms with van der Waals surface area (Å²) in [7, 11) is 0. The first kappa shape index (κ1) is 22.5. The first-order valence-corrected chi connectivity index (χ1v) is 13.3. The van der Waals surface area contributed by atoms with Gasteiger partial charge in [-0.15, -0.1) is 0 Å². The normalized spacial score (nSPS) is 25.9. The molecule has 4 fully saturated rings. The van der Waals surface area contributed by atoms with E-state index in [-0.39, 0.29) is 17.1 Å². The van der Waals surface area contributed by atoms with Gasteiger partial charge in [-0.1, -0.05) is 30.3 Å². The third-order valence-electron chi connectivity index (χ3n) is 8.66. The number of carbonyl (C=O) groups is 1. The zero-order valence-corrected chi connectivity index (χ0v) is 20.7. The predicted octanol–water partition coefficient (Wildman–Crippen LogP) is 5.98. The lowest BCUT2D eigenvalue weighted by Gasteiger charge is -2.56. The standard InChI is InChI=1S/C30H30FN5O/c31-24-8-6-20(7-9-24)18-35-11-10-27(33-35)32-29(37)26-19-36(25-4-2-1-3-5-25)34-28(26)30-15-21-12-22(16-30)14-23(13-21)17-30/h1-11,19,21-23H,12-18H2,(H,32,33,37). The molecule has 6 nitrogen and oxygen atoms in total. The van der Waals surface area contributed by atoms with Crippen LogP contribution in [0.1, 0.15) is 60.1 Å². The number of aromatic nitrogens is 4. The average Bonchev–Trinajstić information content (AvgIpc) is 3.53. The Labute approximate surface area is 215 Å². The van der Waals surface area contributed by atoms with Gasteiger partial charge in [-0.25, -0.2) is 9.07 Å². The summed E-state index contributed by atoms with van der Waals surface area (Å²) in [5.74, 6) is 2.34. The summed E-state index contributed by atoms with van der Waals surface area (Å²) >= 11 is 0. The smallest absolute Gasteiger partial charge is 0.260 e. The Morgan fingerprint density at radius 3 is 2.27 bits per heavy atom. The monoisotopic (exact) mass is 495 g/mol. The summed E-state index contributed by atoms with van der Waals surface area (Å²) in [6.45, 7) is 0.501. The van der Waals surface area contributed by atoms with E-state index in [0.717, 1.165) is 54.0 Å². The van der Waals surface area contributed by atoms with Crippen LogP contribution in [-0.2, 0) is 12.0 Å². The maximum Gasteiger partial charge on any atom is 0.260 e. The van der Waals surface area contributed by atoms with E-state index in [1.807, 2.05) is 47.4 Å². The van der Waals surface area contributed by atoms with Crippen LogP contribution >= 0.6 is 0 Å². The number of halogens is 1. The second-order valence-corrected chi connectivity index (χ2v) is 11.3. The van der Waals surface area contributed by atoms with Gasteiger partial charge in [0.25, 0.3) is 5.91 Å². The third-order valence-corrected chi connectivity index (χ3v) is 8.66. The molecule has 2 heterocycles. The van der Waals surface area contributed by atoms with Gasteiger partial charge in [-0.05, 0) is 86.1 Å². The predicted molar refractivity (Wildman–Crippen MR) is 139 cm³/mol. The number of rotatable bonds is 6. The highest BCUT2D eigenvalue weighted by Gasteiger charge is 2.54. The van der Waals surface area contributed by atoms with E-state index < -0.39 is 0 Å². The summed E-state index contributed by atoms with van der Waals surface area (Å²) in [6.07, 6.45) is 11.1. The van der Waals surface area contributed by atoms with Crippen molar-refractivity contribution >= 4 is 11.7 Å². The molecule has 4 aliphatic carbocycles. The molecule has 0 unspecified atom stereocenters. The largest absolute Gasteiger partial charge is 0.305 e. The molecule has 0 spiro atoms. The molecule has 2 aromatic heterocycles. The SMILES string of the molecule is O=C(Nc1ccn(Cc2ccc(F)cc2)n1)c1cn(-c2ccccc2)nc1C12CC3CC(CC(C3)C1)C2. The van der Waals surface area contributed by atoms with Crippen molar-refractivity contribution in [3.05, 3.63) is 95.7 Å². The van der Waals surface area contributed by atoms with Crippen molar-refractivity contribution < 1.29 is 9.18 Å². The van der Waals surface area contributed by atoms with Crippen LogP contribution in [0.3, 0.4) is 0 Å². The van der Waals surface area contributed by atoms with Gasteiger partial charge in [-0.3, -0.25) is 9.48 Å². The highest BCUT2D eigenvalue weighted by atomic mass is 19.1. The topological polar surface area (TPSA) is 64.7 Å². The molecular weight excluding hydrogens is 465 g/mol. The lowest BCUT2D eigenvalue weighted by molar-refractivity contribution is -0.00765. The maximum atomic E-state index is 13.7. The second kappa shape index (κ2) is 8.68. The van der Waals surface area contributed by atoms with Crippen LogP contribution in [-0.4, -0.2) is 25.5 Å². The van der Waals surface area contributed by atoms with E-state index in [0.29, 0.717) is 17.9 Å². The summed E-state index contributed by atoms with van der Waals surface area (Å²) in [5, 5.41) is 12.7. The number of benzene rings is 2. The van der Waals surface area contributed by atoms with Gasteiger partial charge in [0.1, 0.15) is 5.82 Å². The highest BCUT2D eigenvalue weighted by molar-refractivity contribution is 6.04. The quantitative estimate of drug-likeness (QED) is 0.358. The maximum absolute atomic E-state index is 13.7. The molecule has 7 heteroatoms. The first-order valence-electron chi connectivity index (χ1n) is 13.3. The van der Waals surface area contributed by atoms with Crippen LogP contribution in [0.15, 0.2) is 73.1 Å². The molecule has 4 bridgehead atoms. The first-order chi connectivity index (χ1) is 18.0. The second-order valence-electron chi connectivity index (χ2n) is 11.3. The number of carbonyl (C=O) groups excluding carboxylic acids is 1. The Hall–Kier alpha value is -3.74. The number of anilines is 1. The van der Waals surface area contributed by atoms with Crippen molar-refractivity contribution in [1.29, 1.82) is 0 Å². The molecule has 2 aromatic carbocycles. The molecule has 0 atom stereocenters. The average molecular weight is 496 g/mol. The van der Waals surface area contributed by atoms with Crippen molar-refractivity contribution in [2.24, 2.45) is 17.8 Å². The molecule has 0 radical (unpaired) electrons. The number of nitrogens with zero attached hydrogens (tertiary/aromatic N) is 4. The van der Waals surface area contributed by atoms with E-state index in [4.69, 9.17) is 5.10 Å². The van der Waals surface area contributed by atoms with Crippen LogP contribution in [0.2, 0.25) is 0 Å². The molecule has 37 heavy (non-hydrogen) atoms. The molecule has 4 aliphatic rings. The molecule has 0 saturated heterocycles. The van der Waals surface area contributed by atoms with Gasteiger partial charge < -0.3 is 5.32 Å². The molecule has 1 N–H and O–H groups in total. The van der Waals surface area contributed by atoms with Gasteiger partial charge in [0, 0.05) is 23.9 Å². The molecule has 4 aromatic rings. The van der Waals surface area contributed by atoms with Crippen LogP contribution in [0.25, 0.3) is 5.69 Å². The molecule has 4 saturated carbocycles. The van der Waals surface area contributed by atoms with E-state index in [1.54, 1.807) is 22.9 Å². The Morgan fingerprint density at radius 1 is 0.919 bits per heavy atom. The van der Waals surface area contributed by atoms with Gasteiger partial charge in [0.15, 0.2) is 5.82 Å². The van der Waals surface area contributed by atoms with E-state index in [9.17, 15) is 9.18 Å². The lowest BCUT2D eigenvalue weighted by atomic mass is 9.48. The summed E-state index contributed by atoms with van der Waals surface area (Å²) in [4.78, 5) is 13.7. The highest BCUT2D eigenvalue weighted by Crippen LogP contribution is 2.60. The Bertz CT molecular complexity index is 1400. The molecular formula is C30H30FN5O. The number of hydrogen-bond acceptors (Lipinski definition) is 3. The van der Waals surface area contributed by atoms with Crippen molar-refractivity contribution in [3.63, 3.8) is 0 Å². The Balaban J connectivity index is 1.19. The van der Waals surface area contributed by atoms with Crippen LogP contribution < -0.4 is 5.32 Å². The Kier molecular flexibility index (Phi) is 5.27. The van der Waals surface area contributed by atoms with Gasteiger partial charge >= 0.3 is 0 Å². The zero-order chi connectivity index (χ0) is 25.0. The van der Waals surface area contributed by atoms with Crippen molar-refractivity contribution in [2.75, 3.05) is 5.32 Å². The van der Waals surface area contributed by atoms with Gasteiger partial charge in [0.05, 0.1) is 23.5 Å². The fourth-order valence-electron chi connectivity index (χ4n) is 7.52. The number of hydrogen-bond donors (Lipinski definition) is 1. The van der Waals surface area contributed by atoms with Crippen molar-refractivity contribution in [3.8, 4) is 5.69 Å². The van der Waals surface area contributed by atoms with Gasteiger partial charge in [0.2, 0.25) is 0 Å².